The molecule has 0 bridgehead atoms. The lowest BCUT2D eigenvalue weighted by Crippen LogP contribution is -1.93. The fourth-order valence-corrected chi connectivity index (χ4v) is 9.58. The Balaban J connectivity index is 1.06. The fourth-order valence-electron chi connectivity index (χ4n) is 9.58. The molecule has 12 rings (SSSR count). The van der Waals surface area contributed by atoms with Crippen molar-refractivity contribution in [1.82, 2.24) is 13.7 Å². The van der Waals surface area contributed by atoms with Gasteiger partial charge in [-0.05, 0) is 145 Å². The predicted molar refractivity (Wildman–Crippen MR) is 250 cm³/mol. The van der Waals surface area contributed by atoms with Crippen molar-refractivity contribution in [2.24, 2.45) is 0 Å². The third kappa shape index (κ3) is 5.21. The Morgan fingerprint density at radius 3 is 0.746 bits per heavy atom. The van der Waals surface area contributed by atoms with Crippen LogP contribution in [0.3, 0.4) is 0 Å². The standard InChI is InChI=1S/C56H39N3/c1-36-18-24-51-45(30-36)47-32-38(20-26-53(47)57(51)42-12-6-3-7-13-42)40-22-28-55-49(34-40)50-35-41(23-29-56(50)59(55)44-16-10-5-11-17-44)39-21-27-54-48(33-39)46-31-37(2)19-25-52(46)58(54)43-14-8-4-9-15-43/h3-35H,1-2H3. The van der Waals surface area contributed by atoms with E-state index in [2.05, 4.69) is 228 Å². The molecular weight excluding hydrogens is 715 g/mol. The van der Waals surface area contributed by atoms with Gasteiger partial charge in [0.2, 0.25) is 0 Å². The number of fused-ring (bicyclic) bond motifs is 9. The summed E-state index contributed by atoms with van der Waals surface area (Å²) in [6.45, 7) is 4.36. The summed E-state index contributed by atoms with van der Waals surface area (Å²) in [5.74, 6) is 0. The van der Waals surface area contributed by atoms with Crippen LogP contribution in [0.5, 0.6) is 0 Å². The van der Waals surface area contributed by atoms with Gasteiger partial charge in [-0.25, -0.2) is 0 Å². The minimum Gasteiger partial charge on any atom is -0.309 e. The summed E-state index contributed by atoms with van der Waals surface area (Å²) in [7, 11) is 0. The first kappa shape index (κ1) is 33.5. The van der Waals surface area contributed by atoms with Crippen molar-refractivity contribution in [1.29, 1.82) is 0 Å². The van der Waals surface area contributed by atoms with E-state index < -0.39 is 0 Å². The number of hydrogen-bond donors (Lipinski definition) is 0. The number of benzene rings is 9. The molecule has 0 aliphatic heterocycles. The second-order valence-electron chi connectivity index (χ2n) is 16.0. The molecule has 0 amide bonds. The number of rotatable bonds is 5. The maximum Gasteiger partial charge on any atom is 0.0541 e. The lowest BCUT2D eigenvalue weighted by molar-refractivity contribution is 1.18. The Kier molecular flexibility index (Phi) is 7.36. The molecule has 59 heavy (non-hydrogen) atoms. The Morgan fingerprint density at radius 2 is 0.475 bits per heavy atom. The van der Waals surface area contributed by atoms with Crippen molar-refractivity contribution >= 4 is 65.4 Å². The molecule has 3 heterocycles. The third-order valence-electron chi connectivity index (χ3n) is 12.3. The number of para-hydroxylation sites is 3. The lowest BCUT2D eigenvalue weighted by atomic mass is 9.98. The minimum absolute atomic E-state index is 1.16. The molecule has 0 aliphatic carbocycles. The van der Waals surface area contributed by atoms with Gasteiger partial charge in [-0.3, -0.25) is 0 Å². The molecule has 0 atom stereocenters. The topological polar surface area (TPSA) is 14.8 Å². The van der Waals surface area contributed by atoms with E-state index in [0.29, 0.717) is 0 Å². The maximum atomic E-state index is 2.41. The molecule has 0 radical (unpaired) electrons. The molecule has 3 heteroatoms. The quantitative estimate of drug-likeness (QED) is 0.166. The zero-order chi connectivity index (χ0) is 39.2. The first-order valence-electron chi connectivity index (χ1n) is 20.4. The van der Waals surface area contributed by atoms with Crippen LogP contribution in [0.4, 0.5) is 0 Å². The average molecular weight is 754 g/mol. The summed E-state index contributed by atoms with van der Waals surface area (Å²) < 4.78 is 7.20. The fraction of sp³-hybridized carbons (Fsp3) is 0.0357. The number of nitrogens with zero attached hydrogens (tertiary/aromatic N) is 3. The predicted octanol–water partition coefficient (Wildman–Crippen LogP) is 14.9. The molecule has 0 saturated carbocycles. The van der Waals surface area contributed by atoms with E-state index in [-0.39, 0.29) is 0 Å². The molecule has 0 aliphatic rings. The van der Waals surface area contributed by atoms with Crippen LogP contribution in [0.25, 0.3) is 105 Å². The van der Waals surface area contributed by atoms with Gasteiger partial charge < -0.3 is 13.7 Å². The minimum atomic E-state index is 1.16. The van der Waals surface area contributed by atoms with Gasteiger partial charge in [0.15, 0.2) is 0 Å². The average Bonchev–Trinajstić information content (AvgIpc) is 3.91. The van der Waals surface area contributed by atoms with Crippen LogP contribution in [-0.4, -0.2) is 13.7 Å². The van der Waals surface area contributed by atoms with Crippen molar-refractivity contribution in [2.75, 3.05) is 0 Å². The highest BCUT2D eigenvalue weighted by atomic mass is 15.0. The highest BCUT2D eigenvalue weighted by molar-refractivity contribution is 6.14. The van der Waals surface area contributed by atoms with Crippen LogP contribution in [-0.2, 0) is 0 Å². The van der Waals surface area contributed by atoms with Crippen molar-refractivity contribution in [3.05, 3.63) is 211 Å². The molecule has 3 nitrogen and oxygen atoms in total. The van der Waals surface area contributed by atoms with Gasteiger partial charge in [-0.15, -0.1) is 0 Å². The Labute approximate surface area is 342 Å². The van der Waals surface area contributed by atoms with Crippen LogP contribution in [0.2, 0.25) is 0 Å². The second kappa shape index (κ2) is 13.0. The van der Waals surface area contributed by atoms with Gasteiger partial charge in [0.25, 0.3) is 0 Å². The van der Waals surface area contributed by atoms with E-state index in [9.17, 15) is 0 Å². The molecule has 3 aromatic heterocycles. The van der Waals surface area contributed by atoms with E-state index in [1.165, 1.54) is 110 Å². The number of aryl methyl sites for hydroxylation is 2. The van der Waals surface area contributed by atoms with Gasteiger partial charge >= 0.3 is 0 Å². The van der Waals surface area contributed by atoms with E-state index in [1.807, 2.05) is 0 Å². The summed E-state index contributed by atoms with van der Waals surface area (Å²) in [5.41, 5.74) is 18.1. The summed E-state index contributed by atoms with van der Waals surface area (Å²) >= 11 is 0. The van der Waals surface area contributed by atoms with Gasteiger partial charge in [-0.1, -0.05) is 102 Å². The zero-order valence-electron chi connectivity index (χ0n) is 32.9. The Hall–Kier alpha value is -7.62. The molecule has 9 aromatic carbocycles. The largest absolute Gasteiger partial charge is 0.309 e. The van der Waals surface area contributed by atoms with E-state index in [0.717, 1.165) is 5.69 Å². The van der Waals surface area contributed by atoms with Crippen molar-refractivity contribution in [3.63, 3.8) is 0 Å². The summed E-state index contributed by atoms with van der Waals surface area (Å²) in [4.78, 5) is 0. The van der Waals surface area contributed by atoms with Crippen LogP contribution in [0.1, 0.15) is 11.1 Å². The van der Waals surface area contributed by atoms with Gasteiger partial charge in [0.05, 0.1) is 33.1 Å². The van der Waals surface area contributed by atoms with Crippen LogP contribution in [0.15, 0.2) is 200 Å². The molecule has 0 saturated heterocycles. The highest BCUT2D eigenvalue weighted by Crippen LogP contribution is 2.41. The summed E-state index contributed by atoms with van der Waals surface area (Å²) in [6.07, 6.45) is 0. The molecule has 12 aromatic rings. The zero-order valence-corrected chi connectivity index (χ0v) is 32.9. The molecule has 0 unspecified atom stereocenters. The van der Waals surface area contributed by atoms with Gasteiger partial charge in [0.1, 0.15) is 0 Å². The number of hydrogen-bond acceptors (Lipinski definition) is 0. The van der Waals surface area contributed by atoms with E-state index in [1.54, 1.807) is 0 Å². The third-order valence-corrected chi connectivity index (χ3v) is 12.3. The molecule has 0 spiro atoms. The lowest BCUT2D eigenvalue weighted by Gasteiger charge is -2.09. The van der Waals surface area contributed by atoms with Crippen molar-refractivity contribution in [3.8, 4) is 39.3 Å². The number of aromatic nitrogens is 3. The van der Waals surface area contributed by atoms with E-state index in [4.69, 9.17) is 0 Å². The van der Waals surface area contributed by atoms with E-state index >= 15 is 0 Å². The van der Waals surface area contributed by atoms with Gasteiger partial charge in [0, 0.05) is 49.4 Å². The monoisotopic (exact) mass is 753 g/mol. The molecule has 278 valence electrons. The SMILES string of the molecule is Cc1ccc2c(c1)c1cc(-c3ccc4c(c3)c3cc(-c5ccc6c(c5)c5cc(C)ccc5n6-c5ccccc5)ccc3n4-c3ccccc3)ccc1n2-c1ccccc1. The molecule has 0 N–H and O–H groups in total. The summed E-state index contributed by atoms with van der Waals surface area (Å²) in [5, 5.41) is 7.55. The first-order valence-corrected chi connectivity index (χ1v) is 20.4. The summed E-state index contributed by atoms with van der Waals surface area (Å²) in [6, 6.07) is 73.8. The maximum absolute atomic E-state index is 2.41. The van der Waals surface area contributed by atoms with Crippen molar-refractivity contribution < 1.29 is 0 Å². The van der Waals surface area contributed by atoms with Crippen LogP contribution >= 0.6 is 0 Å². The van der Waals surface area contributed by atoms with Crippen molar-refractivity contribution in [2.45, 2.75) is 13.8 Å². The first-order chi connectivity index (χ1) is 29.1. The van der Waals surface area contributed by atoms with Crippen LogP contribution < -0.4 is 0 Å². The smallest absolute Gasteiger partial charge is 0.0541 e. The van der Waals surface area contributed by atoms with Crippen LogP contribution in [0, 0.1) is 13.8 Å². The highest BCUT2D eigenvalue weighted by Gasteiger charge is 2.18. The molecular formula is C56H39N3. The Morgan fingerprint density at radius 1 is 0.237 bits per heavy atom. The molecule has 0 fully saturated rings. The normalized spacial score (nSPS) is 11.9. The second-order valence-corrected chi connectivity index (χ2v) is 16.0. The van der Waals surface area contributed by atoms with Gasteiger partial charge in [-0.2, -0.15) is 0 Å². The Bertz CT molecular complexity index is 3380.